The summed E-state index contributed by atoms with van der Waals surface area (Å²) in [6.45, 7) is 17.2. The van der Waals surface area contributed by atoms with Crippen LogP contribution in [0.5, 0.6) is 0 Å². The zero-order valence-electron chi connectivity index (χ0n) is 12.8. The summed E-state index contributed by atoms with van der Waals surface area (Å²) in [6.07, 6.45) is 5.82. The summed E-state index contributed by atoms with van der Waals surface area (Å²) in [4.78, 5) is 2.26. The predicted octanol–water partition coefficient (Wildman–Crippen LogP) is 1.70. The lowest BCUT2D eigenvalue weighted by atomic mass is 10.2. The SMILES string of the molecule is C=CCN(CC=C)CCn1cc(CNCC(C)C)nn1. The van der Waals surface area contributed by atoms with Gasteiger partial charge in [-0.15, -0.1) is 18.3 Å². The molecule has 0 saturated heterocycles. The van der Waals surface area contributed by atoms with E-state index in [0.717, 1.165) is 45.0 Å². The van der Waals surface area contributed by atoms with Crippen molar-refractivity contribution in [3.63, 3.8) is 0 Å². The summed E-state index contributed by atoms with van der Waals surface area (Å²) < 4.78 is 1.89. The van der Waals surface area contributed by atoms with Crippen LogP contribution in [0.2, 0.25) is 0 Å². The third-order valence-corrected chi connectivity index (χ3v) is 2.86. The first-order valence-corrected chi connectivity index (χ1v) is 7.19. The van der Waals surface area contributed by atoms with Gasteiger partial charge >= 0.3 is 0 Å². The van der Waals surface area contributed by atoms with E-state index in [0.29, 0.717) is 5.92 Å². The summed E-state index contributed by atoms with van der Waals surface area (Å²) in [7, 11) is 0. The molecule has 5 nitrogen and oxygen atoms in total. The molecule has 0 aliphatic carbocycles. The lowest BCUT2D eigenvalue weighted by Crippen LogP contribution is -2.28. The Morgan fingerprint density at radius 2 is 2.05 bits per heavy atom. The van der Waals surface area contributed by atoms with Crippen LogP contribution in [0.1, 0.15) is 19.5 Å². The van der Waals surface area contributed by atoms with Crippen LogP contribution in [0.4, 0.5) is 0 Å². The highest BCUT2D eigenvalue weighted by Gasteiger charge is 2.04. The predicted molar refractivity (Wildman–Crippen MR) is 83.4 cm³/mol. The highest BCUT2D eigenvalue weighted by atomic mass is 15.4. The van der Waals surface area contributed by atoms with Crippen LogP contribution in [0.15, 0.2) is 31.5 Å². The smallest absolute Gasteiger partial charge is 0.0964 e. The molecule has 0 saturated carbocycles. The number of nitrogens with one attached hydrogen (secondary N) is 1. The van der Waals surface area contributed by atoms with Gasteiger partial charge in [-0.25, -0.2) is 0 Å². The molecule has 0 atom stereocenters. The molecule has 5 heteroatoms. The fraction of sp³-hybridized carbons (Fsp3) is 0.600. The van der Waals surface area contributed by atoms with E-state index in [1.54, 1.807) is 0 Å². The van der Waals surface area contributed by atoms with Gasteiger partial charge < -0.3 is 5.32 Å². The van der Waals surface area contributed by atoms with Crippen molar-refractivity contribution in [1.82, 2.24) is 25.2 Å². The van der Waals surface area contributed by atoms with Crippen LogP contribution in [0.25, 0.3) is 0 Å². The minimum absolute atomic E-state index is 0.649. The molecule has 0 aromatic carbocycles. The first-order chi connectivity index (χ1) is 9.65. The van der Waals surface area contributed by atoms with Gasteiger partial charge in [-0.05, 0) is 12.5 Å². The van der Waals surface area contributed by atoms with Crippen molar-refractivity contribution in [3.05, 3.63) is 37.2 Å². The zero-order valence-corrected chi connectivity index (χ0v) is 12.8. The molecule has 112 valence electrons. The van der Waals surface area contributed by atoms with Crippen molar-refractivity contribution in [2.45, 2.75) is 26.9 Å². The zero-order chi connectivity index (χ0) is 14.8. The van der Waals surface area contributed by atoms with Crippen LogP contribution < -0.4 is 5.32 Å². The normalized spacial score (nSPS) is 11.2. The van der Waals surface area contributed by atoms with Crippen LogP contribution in [-0.2, 0) is 13.1 Å². The molecule has 0 radical (unpaired) electrons. The van der Waals surface area contributed by atoms with E-state index in [2.05, 4.69) is 47.5 Å². The molecule has 1 heterocycles. The Balaban J connectivity index is 2.35. The number of rotatable bonds is 11. The van der Waals surface area contributed by atoms with Crippen LogP contribution in [0, 0.1) is 5.92 Å². The first-order valence-electron chi connectivity index (χ1n) is 7.19. The molecular weight excluding hydrogens is 250 g/mol. The van der Waals surface area contributed by atoms with Gasteiger partial charge in [0.05, 0.1) is 12.2 Å². The van der Waals surface area contributed by atoms with Crippen LogP contribution in [-0.4, -0.2) is 46.1 Å². The van der Waals surface area contributed by atoms with E-state index in [9.17, 15) is 0 Å². The van der Waals surface area contributed by atoms with Gasteiger partial charge in [-0.3, -0.25) is 9.58 Å². The van der Waals surface area contributed by atoms with Crippen molar-refractivity contribution < 1.29 is 0 Å². The number of aromatic nitrogens is 3. The summed E-state index contributed by atoms with van der Waals surface area (Å²) >= 11 is 0. The van der Waals surface area contributed by atoms with Crippen LogP contribution in [0.3, 0.4) is 0 Å². The standard InChI is InChI=1S/C15H27N5/c1-5-7-19(8-6-2)9-10-20-13-15(17-18-20)12-16-11-14(3)4/h5-6,13-14,16H,1-2,7-12H2,3-4H3. The Morgan fingerprint density at radius 1 is 1.35 bits per heavy atom. The topological polar surface area (TPSA) is 46.0 Å². The molecule has 0 aliphatic heterocycles. The second-order valence-electron chi connectivity index (χ2n) is 5.33. The van der Waals surface area contributed by atoms with Crippen molar-refractivity contribution in [2.24, 2.45) is 5.92 Å². The Hall–Kier alpha value is -1.46. The number of nitrogens with zero attached hydrogens (tertiary/aromatic N) is 4. The van der Waals surface area contributed by atoms with Crippen LogP contribution >= 0.6 is 0 Å². The summed E-state index contributed by atoms with van der Waals surface area (Å²) in [5.41, 5.74) is 0.990. The van der Waals surface area contributed by atoms with E-state index in [-0.39, 0.29) is 0 Å². The van der Waals surface area contributed by atoms with Gasteiger partial charge in [0.15, 0.2) is 0 Å². The fourth-order valence-corrected chi connectivity index (χ4v) is 1.88. The average molecular weight is 277 g/mol. The minimum atomic E-state index is 0.649. The Bertz CT molecular complexity index is 387. The maximum atomic E-state index is 4.17. The molecule has 20 heavy (non-hydrogen) atoms. The van der Waals surface area contributed by atoms with E-state index in [1.165, 1.54) is 0 Å². The summed E-state index contributed by atoms with van der Waals surface area (Å²) in [5, 5.41) is 11.7. The fourth-order valence-electron chi connectivity index (χ4n) is 1.88. The second-order valence-corrected chi connectivity index (χ2v) is 5.33. The van der Waals surface area contributed by atoms with Gasteiger partial charge in [-0.2, -0.15) is 0 Å². The maximum absolute atomic E-state index is 4.17. The molecule has 1 aromatic rings. The van der Waals surface area contributed by atoms with E-state index in [1.807, 2.05) is 23.0 Å². The van der Waals surface area contributed by atoms with Gasteiger partial charge in [0.2, 0.25) is 0 Å². The molecule has 1 rings (SSSR count). The van der Waals surface area contributed by atoms with E-state index >= 15 is 0 Å². The maximum Gasteiger partial charge on any atom is 0.0964 e. The molecular formula is C15H27N5. The van der Waals surface area contributed by atoms with Crippen molar-refractivity contribution in [1.29, 1.82) is 0 Å². The molecule has 0 aliphatic rings. The summed E-state index contributed by atoms with van der Waals surface area (Å²) in [5.74, 6) is 0.649. The molecule has 0 spiro atoms. The number of hydrogen-bond donors (Lipinski definition) is 1. The summed E-state index contributed by atoms with van der Waals surface area (Å²) in [6, 6.07) is 0. The van der Waals surface area contributed by atoms with Gasteiger partial charge in [-0.1, -0.05) is 31.2 Å². The molecule has 0 amide bonds. The van der Waals surface area contributed by atoms with E-state index in [4.69, 9.17) is 0 Å². The number of hydrogen-bond acceptors (Lipinski definition) is 4. The third-order valence-electron chi connectivity index (χ3n) is 2.86. The highest BCUT2D eigenvalue weighted by Crippen LogP contribution is 1.96. The average Bonchev–Trinajstić information content (AvgIpc) is 2.84. The Labute approximate surface area is 122 Å². The van der Waals surface area contributed by atoms with Crippen molar-refractivity contribution in [3.8, 4) is 0 Å². The highest BCUT2D eigenvalue weighted by molar-refractivity contribution is 4.91. The molecule has 1 N–H and O–H groups in total. The Kier molecular flexibility index (Phi) is 7.84. The monoisotopic (exact) mass is 277 g/mol. The van der Waals surface area contributed by atoms with E-state index < -0.39 is 0 Å². The lowest BCUT2D eigenvalue weighted by Gasteiger charge is -2.17. The first kappa shape index (κ1) is 16.6. The quantitative estimate of drug-likeness (QED) is 0.625. The van der Waals surface area contributed by atoms with Crippen molar-refractivity contribution in [2.75, 3.05) is 26.2 Å². The Morgan fingerprint density at radius 3 is 2.65 bits per heavy atom. The minimum Gasteiger partial charge on any atom is -0.311 e. The molecule has 0 unspecified atom stereocenters. The largest absolute Gasteiger partial charge is 0.311 e. The molecule has 0 fully saturated rings. The third kappa shape index (κ3) is 6.63. The molecule has 0 bridgehead atoms. The van der Waals surface area contributed by atoms with Crippen molar-refractivity contribution >= 4 is 0 Å². The molecule has 1 aromatic heterocycles. The van der Waals surface area contributed by atoms with Gasteiger partial charge in [0.1, 0.15) is 0 Å². The van der Waals surface area contributed by atoms with Gasteiger partial charge in [0, 0.05) is 32.4 Å². The second kappa shape index (κ2) is 9.44. The lowest BCUT2D eigenvalue weighted by molar-refractivity contribution is 0.311. The van der Waals surface area contributed by atoms with Gasteiger partial charge in [0.25, 0.3) is 0 Å².